The van der Waals surface area contributed by atoms with Crippen molar-refractivity contribution in [3.05, 3.63) is 12.2 Å². The lowest BCUT2D eigenvalue weighted by molar-refractivity contribution is -0.124. The first-order chi connectivity index (χ1) is 5.63. The first kappa shape index (κ1) is 9.30. The van der Waals surface area contributed by atoms with E-state index >= 15 is 0 Å². The van der Waals surface area contributed by atoms with Gasteiger partial charge in [0.05, 0.1) is 0 Å². The fraction of sp³-hybridized carbons (Fsp3) is 0.700. The summed E-state index contributed by atoms with van der Waals surface area (Å²) < 4.78 is 0. The molecule has 2 unspecified atom stereocenters. The molecule has 0 spiro atoms. The molecule has 2 N–H and O–H groups in total. The smallest absolute Gasteiger partial charge is 0.221 e. The second-order valence-corrected chi connectivity index (χ2v) is 3.84. The zero-order chi connectivity index (χ0) is 9.14. The van der Waals surface area contributed by atoms with E-state index in [0.717, 1.165) is 12.8 Å². The first-order valence-corrected chi connectivity index (χ1v) is 4.59. The van der Waals surface area contributed by atoms with Crippen molar-refractivity contribution >= 4 is 5.91 Å². The van der Waals surface area contributed by atoms with Gasteiger partial charge in [0.2, 0.25) is 5.91 Å². The molecule has 0 fully saturated rings. The van der Waals surface area contributed by atoms with E-state index in [1.165, 1.54) is 0 Å². The minimum Gasteiger partial charge on any atom is -0.369 e. The van der Waals surface area contributed by atoms with Crippen LogP contribution in [0.5, 0.6) is 0 Å². The van der Waals surface area contributed by atoms with E-state index in [1.54, 1.807) is 0 Å². The Balaban J connectivity index is 2.65. The molecule has 1 rings (SSSR count). The van der Waals surface area contributed by atoms with Crippen LogP contribution < -0.4 is 5.73 Å². The average molecular weight is 167 g/mol. The standard InChI is InChI=1S/C10H17NO/c1-7(2)9(10(11)12)8-5-3-4-6-8/h3,5,7-9H,4,6H2,1-2H3,(H2,11,12). The van der Waals surface area contributed by atoms with Gasteiger partial charge in [-0.3, -0.25) is 4.79 Å². The molecule has 0 bridgehead atoms. The highest BCUT2D eigenvalue weighted by atomic mass is 16.1. The number of hydrogen-bond acceptors (Lipinski definition) is 1. The van der Waals surface area contributed by atoms with Gasteiger partial charge < -0.3 is 5.73 Å². The molecule has 0 saturated carbocycles. The largest absolute Gasteiger partial charge is 0.369 e. The number of carbonyl (C=O) groups excluding carboxylic acids is 1. The molecule has 1 aliphatic rings. The number of hydrogen-bond donors (Lipinski definition) is 1. The summed E-state index contributed by atoms with van der Waals surface area (Å²) in [5.74, 6) is 0.628. The van der Waals surface area contributed by atoms with Crippen LogP contribution in [0.3, 0.4) is 0 Å². The molecule has 1 aliphatic carbocycles. The van der Waals surface area contributed by atoms with Gasteiger partial charge in [0.25, 0.3) is 0 Å². The Bertz CT molecular complexity index is 196. The highest BCUT2D eigenvalue weighted by molar-refractivity contribution is 5.77. The number of nitrogens with two attached hydrogens (primary N) is 1. The minimum absolute atomic E-state index is 0.0312. The molecule has 2 nitrogen and oxygen atoms in total. The molecule has 0 radical (unpaired) electrons. The van der Waals surface area contributed by atoms with E-state index < -0.39 is 0 Å². The fourth-order valence-electron chi connectivity index (χ4n) is 1.99. The minimum atomic E-state index is -0.151. The van der Waals surface area contributed by atoms with Crippen LogP contribution in [0.1, 0.15) is 26.7 Å². The van der Waals surface area contributed by atoms with Crippen LogP contribution in [0.2, 0.25) is 0 Å². The summed E-state index contributed by atoms with van der Waals surface area (Å²) in [6.07, 6.45) is 6.46. The van der Waals surface area contributed by atoms with Crippen molar-refractivity contribution in [3.63, 3.8) is 0 Å². The predicted octanol–water partition coefficient (Wildman–Crippen LogP) is 1.71. The third-order valence-corrected chi connectivity index (χ3v) is 2.56. The van der Waals surface area contributed by atoms with Crippen LogP contribution in [-0.4, -0.2) is 5.91 Å². The molecular formula is C10H17NO. The van der Waals surface area contributed by atoms with Crippen molar-refractivity contribution in [2.75, 3.05) is 0 Å². The van der Waals surface area contributed by atoms with Crippen LogP contribution in [0.25, 0.3) is 0 Å². The summed E-state index contributed by atoms with van der Waals surface area (Å²) in [6, 6.07) is 0. The molecule has 1 amide bonds. The number of carbonyl (C=O) groups is 1. The maximum atomic E-state index is 11.1. The van der Waals surface area contributed by atoms with Gasteiger partial charge in [-0.25, -0.2) is 0 Å². The zero-order valence-electron chi connectivity index (χ0n) is 7.79. The summed E-state index contributed by atoms with van der Waals surface area (Å²) >= 11 is 0. The van der Waals surface area contributed by atoms with Gasteiger partial charge in [0.15, 0.2) is 0 Å². The number of rotatable bonds is 3. The van der Waals surface area contributed by atoms with Gasteiger partial charge in [0.1, 0.15) is 0 Å². The van der Waals surface area contributed by atoms with Crippen molar-refractivity contribution in [3.8, 4) is 0 Å². The average Bonchev–Trinajstić information content (AvgIpc) is 2.37. The van der Waals surface area contributed by atoms with Crippen molar-refractivity contribution < 1.29 is 4.79 Å². The highest BCUT2D eigenvalue weighted by Crippen LogP contribution is 2.29. The Morgan fingerprint density at radius 3 is 2.58 bits per heavy atom. The molecule has 0 aromatic carbocycles. The van der Waals surface area contributed by atoms with E-state index in [0.29, 0.717) is 11.8 Å². The molecular weight excluding hydrogens is 150 g/mol. The maximum Gasteiger partial charge on any atom is 0.221 e. The van der Waals surface area contributed by atoms with E-state index in [1.807, 2.05) is 0 Å². The summed E-state index contributed by atoms with van der Waals surface area (Å²) in [5.41, 5.74) is 5.34. The van der Waals surface area contributed by atoms with Crippen LogP contribution >= 0.6 is 0 Å². The SMILES string of the molecule is CC(C)C(C(N)=O)C1C=CCC1. The topological polar surface area (TPSA) is 43.1 Å². The zero-order valence-corrected chi connectivity index (χ0v) is 7.79. The normalized spacial score (nSPS) is 24.8. The Labute approximate surface area is 73.8 Å². The van der Waals surface area contributed by atoms with Crippen LogP contribution in [0, 0.1) is 17.8 Å². The Hall–Kier alpha value is -0.790. The molecule has 0 saturated heterocycles. The molecule has 68 valence electrons. The van der Waals surface area contributed by atoms with Crippen LogP contribution in [0.4, 0.5) is 0 Å². The van der Waals surface area contributed by atoms with Crippen LogP contribution in [-0.2, 0) is 4.79 Å². The Morgan fingerprint density at radius 1 is 1.58 bits per heavy atom. The van der Waals surface area contributed by atoms with Crippen molar-refractivity contribution in [1.29, 1.82) is 0 Å². The summed E-state index contributed by atoms with van der Waals surface area (Å²) in [6.45, 7) is 4.11. The molecule has 0 heterocycles. The van der Waals surface area contributed by atoms with E-state index in [9.17, 15) is 4.79 Å². The lowest BCUT2D eigenvalue weighted by Crippen LogP contribution is -2.32. The van der Waals surface area contributed by atoms with Crippen LogP contribution in [0.15, 0.2) is 12.2 Å². The maximum absolute atomic E-state index is 11.1. The van der Waals surface area contributed by atoms with Gasteiger partial charge in [-0.05, 0) is 24.7 Å². The molecule has 2 heteroatoms. The van der Waals surface area contributed by atoms with Crippen molar-refractivity contribution in [2.24, 2.45) is 23.5 Å². The lowest BCUT2D eigenvalue weighted by atomic mass is 9.82. The third-order valence-electron chi connectivity index (χ3n) is 2.56. The van der Waals surface area contributed by atoms with Gasteiger partial charge in [0, 0.05) is 5.92 Å². The molecule has 0 aromatic rings. The summed E-state index contributed by atoms with van der Waals surface area (Å²) in [4.78, 5) is 11.1. The summed E-state index contributed by atoms with van der Waals surface area (Å²) in [7, 11) is 0. The van der Waals surface area contributed by atoms with Crippen molar-refractivity contribution in [2.45, 2.75) is 26.7 Å². The Kier molecular flexibility index (Phi) is 2.90. The van der Waals surface area contributed by atoms with Gasteiger partial charge >= 0.3 is 0 Å². The fourth-order valence-corrected chi connectivity index (χ4v) is 1.99. The van der Waals surface area contributed by atoms with Gasteiger partial charge in [-0.1, -0.05) is 26.0 Å². The first-order valence-electron chi connectivity index (χ1n) is 4.59. The number of primary amides is 1. The molecule has 12 heavy (non-hydrogen) atoms. The second-order valence-electron chi connectivity index (χ2n) is 3.84. The van der Waals surface area contributed by atoms with E-state index in [2.05, 4.69) is 26.0 Å². The number of allylic oxidation sites excluding steroid dienone is 2. The van der Waals surface area contributed by atoms with Gasteiger partial charge in [-0.15, -0.1) is 0 Å². The quantitative estimate of drug-likeness (QED) is 0.639. The third kappa shape index (κ3) is 1.87. The van der Waals surface area contributed by atoms with Gasteiger partial charge in [-0.2, -0.15) is 0 Å². The Morgan fingerprint density at radius 2 is 2.25 bits per heavy atom. The highest BCUT2D eigenvalue weighted by Gasteiger charge is 2.28. The lowest BCUT2D eigenvalue weighted by Gasteiger charge is -2.22. The monoisotopic (exact) mass is 167 g/mol. The van der Waals surface area contributed by atoms with E-state index in [-0.39, 0.29) is 11.8 Å². The van der Waals surface area contributed by atoms with E-state index in [4.69, 9.17) is 5.73 Å². The van der Waals surface area contributed by atoms with Crippen molar-refractivity contribution in [1.82, 2.24) is 0 Å². The molecule has 0 aromatic heterocycles. The predicted molar refractivity (Wildman–Crippen MR) is 49.4 cm³/mol. The molecule has 0 aliphatic heterocycles. The second kappa shape index (κ2) is 3.74. The summed E-state index contributed by atoms with van der Waals surface area (Å²) in [5, 5.41) is 0. The molecule has 2 atom stereocenters. The number of amides is 1.